The van der Waals surface area contributed by atoms with Gasteiger partial charge in [0.25, 0.3) is 16.0 Å². The summed E-state index contributed by atoms with van der Waals surface area (Å²) in [6.07, 6.45) is 3.57. The van der Waals surface area contributed by atoms with Gasteiger partial charge in [-0.05, 0) is 66.4 Å². The highest BCUT2D eigenvalue weighted by molar-refractivity contribution is 7.85. The molecule has 2 aromatic carbocycles. The van der Waals surface area contributed by atoms with Crippen molar-refractivity contribution < 1.29 is 22.2 Å². The number of hydrogen-bond donors (Lipinski definition) is 3. The molecule has 0 unspecified atom stereocenters. The number of thiophene rings is 1. The van der Waals surface area contributed by atoms with E-state index in [9.17, 15) is 17.6 Å². The van der Waals surface area contributed by atoms with E-state index in [2.05, 4.69) is 17.2 Å². The predicted molar refractivity (Wildman–Crippen MR) is 147 cm³/mol. The van der Waals surface area contributed by atoms with E-state index in [1.807, 2.05) is 49.5 Å². The normalized spacial score (nSPS) is 13.5. The molecule has 2 atom stereocenters. The number of aryl methyl sites for hydroxylation is 1. The molecule has 6 nitrogen and oxygen atoms in total. The average molecular weight is 563 g/mol. The summed E-state index contributed by atoms with van der Waals surface area (Å²) in [4.78, 5) is 17.2. The fraction of sp³-hybridized carbons (Fsp3) is 0.296. The number of carbonyl (C=O) groups is 1. The second-order valence-corrected chi connectivity index (χ2v) is 12.2. The van der Waals surface area contributed by atoms with Crippen molar-refractivity contribution in [3.05, 3.63) is 92.0 Å². The van der Waals surface area contributed by atoms with Crippen LogP contribution < -0.4 is 5.32 Å². The minimum Gasteiger partial charge on any atom is -0.358 e. The van der Waals surface area contributed by atoms with E-state index in [0.717, 1.165) is 39.8 Å². The Kier molecular flexibility index (Phi) is 8.38. The van der Waals surface area contributed by atoms with Crippen molar-refractivity contribution in [1.82, 2.24) is 10.3 Å². The number of aromatic amines is 1. The SMILES string of the molecule is CCC[C@H](c1ccc(C(=O)NCCS(=O)(=O)O)s1)[C@H](c1ccc(Cl)cc1)c1c[nH]c2c(F)cc(C)cc12. The minimum absolute atomic E-state index is 0.0156. The molecule has 10 heteroatoms. The van der Waals surface area contributed by atoms with E-state index in [4.69, 9.17) is 16.2 Å². The molecule has 0 saturated heterocycles. The number of nitrogens with one attached hydrogen (secondary N) is 2. The van der Waals surface area contributed by atoms with Crippen LogP contribution in [0.15, 0.2) is 54.7 Å². The van der Waals surface area contributed by atoms with Crippen molar-refractivity contribution >= 4 is 49.9 Å². The highest BCUT2D eigenvalue weighted by Crippen LogP contribution is 2.46. The average Bonchev–Trinajstić information content (AvgIpc) is 3.47. The number of halogens is 2. The molecule has 0 aliphatic carbocycles. The molecule has 37 heavy (non-hydrogen) atoms. The van der Waals surface area contributed by atoms with E-state index >= 15 is 0 Å². The third-order valence-electron chi connectivity index (χ3n) is 6.35. The molecule has 0 aliphatic rings. The first kappa shape index (κ1) is 27.3. The maximum Gasteiger partial charge on any atom is 0.266 e. The number of benzene rings is 2. The first-order chi connectivity index (χ1) is 17.6. The Morgan fingerprint density at radius 3 is 2.59 bits per heavy atom. The standard InChI is InChI=1S/C27H28ClFN2O4S2/c1-3-4-19(23-9-10-24(36-23)27(32)30-11-12-37(33,34)35)25(17-5-7-18(28)8-6-17)21-15-31-26-20(21)13-16(2)14-22(26)29/h5-10,13-15,19,25,31H,3-4,11-12H2,1-2H3,(H,30,32)(H,33,34,35)/t19-,25+/m1/s1. The highest BCUT2D eigenvalue weighted by atomic mass is 35.5. The van der Waals surface area contributed by atoms with Crippen LogP contribution in [0.5, 0.6) is 0 Å². The summed E-state index contributed by atoms with van der Waals surface area (Å²) in [5.74, 6) is -1.41. The molecular weight excluding hydrogens is 535 g/mol. The lowest BCUT2D eigenvalue weighted by molar-refractivity contribution is 0.0960. The van der Waals surface area contributed by atoms with Crippen LogP contribution in [0.25, 0.3) is 10.9 Å². The van der Waals surface area contributed by atoms with E-state index < -0.39 is 21.8 Å². The molecule has 0 aliphatic heterocycles. The lowest BCUT2D eigenvalue weighted by Gasteiger charge is -2.27. The number of aromatic nitrogens is 1. The monoisotopic (exact) mass is 562 g/mol. The van der Waals surface area contributed by atoms with Crippen LogP contribution >= 0.6 is 22.9 Å². The lowest BCUT2D eigenvalue weighted by Crippen LogP contribution is -2.28. The molecule has 0 radical (unpaired) electrons. The number of fused-ring (bicyclic) bond motifs is 1. The third kappa shape index (κ3) is 6.41. The first-order valence-corrected chi connectivity index (χ1v) is 14.7. The quantitative estimate of drug-likeness (QED) is 0.188. The second kappa shape index (κ2) is 11.3. The van der Waals surface area contributed by atoms with Gasteiger partial charge in [0.05, 0.1) is 16.1 Å². The van der Waals surface area contributed by atoms with Crippen molar-refractivity contribution in [2.75, 3.05) is 12.3 Å². The summed E-state index contributed by atoms with van der Waals surface area (Å²) in [7, 11) is -4.16. The summed E-state index contributed by atoms with van der Waals surface area (Å²) in [5, 5.41) is 3.98. The van der Waals surface area contributed by atoms with Crippen LogP contribution in [0.1, 0.15) is 62.8 Å². The molecule has 0 fully saturated rings. The number of rotatable bonds is 10. The predicted octanol–water partition coefficient (Wildman–Crippen LogP) is 6.66. The molecule has 196 valence electrons. The van der Waals surface area contributed by atoms with Crippen molar-refractivity contribution in [3.63, 3.8) is 0 Å². The Hall–Kier alpha value is -2.72. The highest BCUT2D eigenvalue weighted by Gasteiger charge is 2.30. The van der Waals surface area contributed by atoms with Gasteiger partial charge in [-0.25, -0.2) is 4.39 Å². The van der Waals surface area contributed by atoms with E-state index in [-0.39, 0.29) is 24.2 Å². The molecule has 3 N–H and O–H groups in total. The smallest absolute Gasteiger partial charge is 0.266 e. The zero-order chi connectivity index (χ0) is 26.7. The molecule has 2 aromatic heterocycles. The summed E-state index contributed by atoms with van der Waals surface area (Å²) in [6.45, 7) is 3.78. The number of carbonyl (C=O) groups excluding carboxylic acids is 1. The summed E-state index contributed by atoms with van der Waals surface area (Å²) >= 11 is 7.54. The van der Waals surface area contributed by atoms with Crippen molar-refractivity contribution in [2.24, 2.45) is 0 Å². The Morgan fingerprint density at radius 2 is 1.92 bits per heavy atom. The van der Waals surface area contributed by atoms with Crippen LogP contribution in [0.2, 0.25) is 5.02 Å². The summed E-state index contributed by atoms with van der Waals surface area (Å²) in [6, 6.07) is 14.8. The van der Waals surface area contributed by atoms with Crippen LogP contribution in [-0.2, 0) is 10.1 Å². The van der Waals surface area contributed by atoms with Crippen molar-refractivity contribution in [1.29, 1.82) is 0 Å². The Bertz CT molecular complexity index is 1510. The van der Waals surface area contributed by atoms with Crippen molar-refractivity contribution in [2.45, 2.75) is 38.5 Å². The van der Waals surface area contributed by atoms with Crippen LogP contribution in [0, 0.1) is 12.7 Å². The third-order valence-corrected chi connectivity index (χ3v) is 8.53. The zero-order valence-corrected chi connectivity index (χ0v) is 22.8. The fourth-order valence-electron chi connectivity index (χ4n) is 4.74. The number of amides is 1. The zero-order valence-electron chi connectivity index (χ0n) is 20.4. The number of hydrogen-bond acceptors (Lipinski definition) is 4. The van der Waals surface area contributed by atoms with Gasteiger partial charge in [0.2, 0.25) is 0 Å². The van der Waals surface area contributed by atoms with Crippen LogP contribution in [-0.4, -0.2) is 36.2 Å². The van der Waals surface area contributed by atoms with E-state index in [0.29, 0.717) is 15.4 Å². The van der Waals surface area contributed by atoms with Crippen molar-refractivity contribution in [3.8, 4) is 0 Å². The Balaban J connectivity index is 1.76. The molecule has 0 spiro atoms. The molecular formula is C27H28ClFN2O4S2. The van der Waals surface area contributed by atoms with Gasteiger partial charge in [0.15, 0.2) is 0 Å². The summed E-state index contributed by atoms with van der Waals surface area (Å²) in [5.41, 5.74) is 3.27. The largest absolute Gasteiger partial charge is 0.358 e. The molecule has 2 heterocycles. The second-order valence-electron chi connectivity index (χ2n) is 9.08. The van der Waals surface area contributed by atoms with Gasteiger partial charge in [-0.2, -0.15) is 8.42 Å². The molecule has 4 aromatic rings. The minimum atomic E-state index is -4.16. The van der Waals surface area contributed by atoms with E-state index in [1.54, 1.807) is 6.07 Å². The van der Waals surface area contributed by atoms with E-state index in [1.165, 1.54) is 17.4 Å². The maximum absolute atomic E-state index is 14.8. The molecule has 4 rings (SSSR count). The summed E-state index contributed by atoms with van der Waals surface area (Å²) < 4.78 is 45.6. The van der Waals surface area contributed by atoms with Crippen LogP contribution in [0.4, 0.5) is 4.39 Å². The number of H-pyrrole nitrogens is 1. The molecule has 0 bridgehead atoms. The van der Waals surface area contributed by atoms with Crippen LogP contribution in [0.3, 0.4) is 0 Å². The topological polar surface area (TPSA) is 99.3 Å². The molecule has 1 amide bonds. The van der Waals surface area contributed by atoms with Gasteiger partial charge in [-0.3, -0.25) is 9.35 Å². The van der Waals surface area contributed by atoms with Gasteiger partial charge in [-0.15, -0.1) is 11.3 Å². The fourth-order valence-corrected chi connectivity index (χ4v) is 6.32. The molecule has 0 saturated carbocycles. The van der Waals surface area contributed by atoms with Gasteiger partial charge < -0.3 is 10.3 Å². The van der Waals surface area contributed by atoms with Gasteiger partial charge in [0, 0.05) is 39.9 Å². The lowest BCUT2D eigenvalue weighted by atomic mass is 9.77. The maximum atomic E-state index is 14.8. The van der Waals surface area contributed by atoms with Gasteiger partial charge >= 0.3 is 0 Å². The Labute approximate surface area is 224 Å². The first-order valence-electron chi connectivity index (χ1n) is 11.9. The Morgan fingerprint density at radius 1 is 1.19 bits per heavy atom. The van der Waals surface area contributed by atoms with Gasteiger partial charge in [0.1, 0.15) is 5.82 Å². The van der Waals surface area contributed by atoms with Gasteiger partial charge in [-0.1, -0.05) is 37.1 Å².